The van der Waals surface area contributed by atoms with E-state index in [0.29, 0.717) is 0 Å². The fourth-order valence-electron chi connectivity index (χ4n) is 0.935. The molecule has 0 aromatic carbocycles. The Morgan fingerprint density at radius 1 is 1.24 bits per heavy atom. The van der Waals surface area contributed by atoms with Crippen LogP contribution in [0, 0.1) is 0 Å². The minimum atomic E-state index is -5.14. The Balaban J connectivity index is 5.64. The van der Waals surface area contributed by atoms with Crippen LogP contribution in [0.1, 0.15) is 6.92 Å². The summed E-state index contributed by atoms with van der Waals surface area (Å²) < 4.78 is 58.2. The van der Waals surface area contributed by atoms with Gasteiger partial charge in [0.15, 0.2) is 0 Å². The molecule has 17 heavy (non-hydrogen) atoms. The first kappa shape index (κ1) is 15.8. The molecule has 10 heteroatoms. The van der Waals surface area contributed by atoms with E-state index < -0.39 is 36.4 Å². The number of amides is 1. The van der Waals surface area contributed by atoms with Crippen molar-refractivity contribution in [3.63, 3.8) is 0 Å². The zero-order chi connectivity index (χ0) is 13.9. The van der Waals surface area contributed by atoms with E-state index in [9.17, 15) is 21.6 Å². The molecule has 0 bridgehead atoms. The summed E-state index contributed by atoms with van der Waals surface area (Å²) in [5.41, 5.74) is -0.695. The zero-order valence-electron chi connectivity index (χ0n) is 8.69. The Morgan fingerprint density at radius 2 is 1.65 bits per heavy atom. The van der Waals surface area contributed by atoms with Crippen LogP contribution < -0.4 is 5.32 Å². The predicted octanol–water partition coefficient (Wildman–Crippen LogP) is -0.706. The topological polar surface area (TPSA) is 138 Å². The maximum atomic E-state index is 10.9. The number of carbonyl (C=O) groups excluding carboxylic acids is 1. The van der Waals surface area contributed by atoms with Crippen molar-refractivity contribution in [1.29, 1.82) is 0 Å². The molecule has 0 rings (SSSR count). The quantitative estimate of drug-likeness (QED) is 0.448. The fraction of sp³-hybridized carbons (Fsp3) is 0.286. The van der Waals surface area contributed by atoms with Gasteiger partial charge in [0.2, 0.25) is 5.91 Å². The Kier molecular flexibility index (Phi) is 5.01. The number of nitrogens with one attached hydrogen (secondary N) is 1. The predicted molar refractivity (Wildman–Crippen MR) is 59.0 cm³/mol. The van der Waals surface area contributed by atoms with Crippen molar-refractivity contribution in [1.82, 2.24) is 5.32 Å². The van der Waals surface area contributed by atoms with Gasteiger partial charge in [0.05, 0.1) is 5.70 Å². The van der Waals surface area contributed by atoms with Gasteiger partial charge in [-0.1, -0.05) is 12.7 Å². The molecule has 3 N–H and O–H groups in total. The summed E-state index contributed by atoms with van der Waals surface area (Å²) in [5, 5.41) is 1.86. The summed E-state index contributed by atoms with van der Waals surface area (Å²) in [7, 11) is -10.3. The third-order valence-corrected chi connectivity index (χ3v) is 4.61. The third kappa shape index (κ3) is 4.65. The van der Waals surface area contributed by atoms with E-state index in [1.807, 2.05) is 5.32 Å². The van der Waals surface area contributed by atoms with Crippen LogP contribution in [0.15, 0.2) is 24.4 Å². The molecule has 0 unspecified atom stereocenters. The zero-order valence-corrected chi connectivity index (χ0v) is 10.3. The molecular weight excluding hydrogens is 274 g/mol. The number of hydrogen-bond acceptors (Lipinski definition) is 5. The second-order valence-corrected chi connectivity index (χ2v) is 6.10. The summed E-state index contributed by atoms with van der Waals surface area (Å²) in [6, 6.07) is 0. The summed E-state index contributed by atoms with van der Waals surface area (Å²) in [6.07, 6.45) is 1.67. The molecule has 98 valence electrons. The molecular formula is C7H11NO7S2. The molecule has 0 aliphatic heterocycles. The van der Waals surface area contributed by atoms with Gasteiger partial charge < -0.3 is 5.32 Å². The lowest BCUT2D eigenvalue weighted by atomic mass is 10.4. The van der Waals surface area contributed by atoms with Crippen LogP contribution >= 0.6 is 0 Å². The van der Waals surface area contributed by atoms with E-state index in [0.717, 1.165) is 12.2 Å². The van der Waals surface area contributed by atoms with E-state index >= 15 is 0 Å². The van der Waals surface area contributed by atoms with Gasteiger partial charge in [0.25, 0.3) is 24.8 Å². The summed E-state index contributed by atoms with van der Waals surface area (Å²) in [5.74, 6) is -0.893. The van der Waals surface area contributed by atoms with Gasteiger partial charge >= 0.3 is 0 Å². The van der Waals surface area contributed by atoms with E-state index in [-0.39, 0.29) is 0 Å². The highest BCUT2D eigenvalue weighted by molar-refractivity contribution is 8.04. The summed E-state index contributed by atoms with van der Waals surface area (Å²) in [4.78, 5) is 10.9. The third-order valence-electron chi connectivity index (χ3n) is 1.56. The average Bonchev–Trinajstić information content (AvgIpc) is 2.11. The van der Waals surface area contributed by atoms with E-state index in [1.54, 1.807) is 0 Å². The molecule has 0 aliphatic rings. The van der Waals surface area contributed by atoms with Crippen molar-refractivity contribution in [3.8, 4) is 0 Å². The number of rotatable bonds is 5. The Morgan fingerprint density at radius 3 is 1.88 bits per heavy atom. The molecule has 0 radical (unpaired) electrons. The molecule has 0 saturated heterocycles. The van der Waals surface area contributed by atoms with Crippen molar-refractivity contribution in [2.24, 2.45) is 0 Å². The lowest BCUT2D eigenvalue weighted by Gasteiger charge is -2.14. The summed E-state index contributed by atoms with van der Waals surface area (Å²) in [6.45, 7) is 4.28. The first-order valence-corrected chi connectivity index (χ1v) is 7.07. The van der Waals surface area contributed by atoms with Crippen molar-refractivity contribution in [3.05, 3.63) is 24.4 Å². The SMILES string of the molecule is C=CC(=O)N/C(=C\C)C(S(=O)(=O)O)S(=O)(=O)O. The second-order valence-electron chi connectivity index (χ2n) is 2.80. The Labute approximate surface area is 98.5 Å². The number of carbonyl (C=O) groups is 1. The van der Waals surface area contributed by atoms with Crippen LogP contribution in [-0.2, 0) is 25.0 Å². The lowest BCUT2D eigenvalue weighted by Crippen LogP contribution is -2.38. The monoisotopic (exact) mass is 285 g/mol. The lowest BCUT2D eigenvalue weighted by molar-refractivity contribution is -0.115. The average molecular weight is 285 g/mol. The fourth-order valence-corrected chi connectivity index (χ4v) is 3.20. The highest BCUT2D eigenvalue weighted by Crippen LogP contribution is 2.15. The largest absolute Gasteiger partial charge is 0.324 e. The van der Waals surface area contributed by atoms with Crippen molar-refractivity contribution in [2.75, 3.05) is 0 Å². The van der Waals surface area contributed by atoms with E-state index in [2.05, 4.69) is 6.58 Å². The van der Waals surface area contributed by atoms with Gasteiger partial charge in [-0.05, 0) is 13.0 Å². The smallest absolute Gasteiger partial charge is 0.290 e. The molecule has 0 saturated carbocycles. The number of hydrogen-bond donors (Lipinski definition) is 3. The second kappa shape index (κ2) is 5.40. The van der Waals surface area contributed by atoms with Crippen LogP contribution in [0.4, 0.5) is 0 Å². The number of allylic oxidation sites excluding steroid dienone is 1. The molecule has 0 fully saturated rings. The minimum Gasteiger partial charge on any atom is -0.324 e. The molecule has 0 atom stereocenters. The van der Waals surface area contributed by atoms with Gasteiger partial charge in [0.1, 0.15) is 0 Å². The standard InChI is InChI=1S/C7H11NO7S2/c1-3-5(8-6(9)4-2)7(16(10,11)12)17(13,14)15/h3-4,7H,2H2,1H3,(H,8,9)(H,10,11,12)(H,13,14,15)/b5-3-. The van der Waals surface area contributed by atoms with Crippen LogP contribution in [0.5, 0.6) is 0 Å². The maximum absolute atomic E-state index is 10.9. The van der Waals surface area contributed by atoms with Crippen molar-refractivity contribution >= 4 is 26.1 Å². The summed E-state index contributed by atoms with van der Waals surface area (Å²) >= 11 is 0. The van der Waals surface area contributed by atoms with Crippen molar-refractivity contribution in [2.45, 2.75) is 11.5 Å². The first-order valence-electron chi connectivity index (χ1n) is 4.06. The van der Waals surface area contributed by atoms with Crippen LogP contribution in [0.25, 0.3) is 0 Å². The van der Waals surface area contributed by atoms with Gasteiger partial charge in [-0.15, -0.1) is 0 Å². The Bertz CT molecular complexity index is 511. The molecule has 0 heterocycles. The van der Waals surface area contributed by atoms with Crippen LogP contribution in [0.3, 0.4) is 0 Å². The van der Waals surface area contributed by atoms with Gasteiger partial charge in [-0.2, -0.15) is 16.8 Å². The highest BCUT2D eigenvalue weighted by atomic mass is 32.3. The van der Waals surface area contributed by atoms with Crippen molar-refractivity contribution < 1.29 is 30.7 Å². The molecule has 0 aromatic rings. The molecule has 0 spiro atoms. The molecule has 0 aromatic heterocycles. The van der Waals surface area contributed by atoms with Crippen LogP contribution in [-0.4, -0.2) is 36.4 Å². The Hall–Kier alpha value is -1.23. The van der Waals surface area contributed by atoms with Gasteiger partial charge in [-0.3, -0.25) is 13.9 Å². The van der Waals surface area contributed by atoms with E-state index in [1.165, 1.54) is 6.92 Å². The minimum absolute atomic E-state index is 0.695. The molecule has 8 nitrogen and oxygen atoms in total. The van der Waals surface area contributed by atoms with Gasteiger partial charge in [0, 0.05) is 0 Å². The van der Waals surface area contributed by atoms with E-state index in [4.69, 9.17) is 9.11 Å². The maximum Gasteiger partial charge on any atom is 0.290 e. The molecule has 1 amide bonds. The van der Waals surface area contributed by atoms with Gasteiger partial charge in [-0.25, -0.2) is 0 Å². The van der Waals surface area contributed by atoms with Crippen LogP contribution in [0.2, 0.25) is 0 Å². The molecule has 0 aliphatic carbocycles. The highest BCUT2D eigenvalue weighted by Gasteiger charge is 2.39. The first-order chi connectivity index (χ1) is 7.54. The normalized spacial score (nSPS) is 13.5.